The fourth-order valence-electron chi connectivity index (χ4n) is 4.48. The molecule has 1 aromatic heterocycles. The summed E-state index contributed by atoms with van der Waals surface area (Å²) in [5.41, 5.74) is 2.33. The lowest BCUT2D eigenvalue weighted by Crippen LogP contribution is -2.46. The van der Waals surface area contributed by atoms with Gasteiger partial charge in [0.25, 0.3) is 5.91 Å². The molecule has 25 heavy (non-hydrogen) atoms. The predicted molar refractivity (Wildman–Crippen MR) is 94.4 cm³/mol. The molecule has 2 fully saturated rings. The van der Waals surface area contributed by atoms with Crippen LogP contribution in [0.2, 0.25) is 0 Å². The number of carboxylic acid groups (broad SMARTS) is 1. The Bertz CT molecular complexity index is 848. The van der Waals surface area contributed by atoms with E-state index in [1.807, 2.05) is 31.2 Å². The number of hydrogen-bond acceptors (Lipinski definition) is 3. The highest BCUT2D eigenvalue weighted by molar-refractivity contribution is 6.00. The van der Waals surface area contributed by atoms with E-state index in [1.54, 1.807) is 11.0 Å². The van der Waals surface area contributed by atoms with Gasteiger partial charge in [-0.2, -0.15) is 0 Å². The van der Waals surface area contributed by atoms with Crippen LogP contribution in [0.1, 0.15) is 48.2 Å². The van der Waals surface area contributed by atoms with Crippen molar-refractivity contribution in [3.05, 3.63) is 41.6 Å². The van der Waals surface area contributed by atoms with Crippen LogP contribution in [-0.2, 0) is 4.79 Å². The highest BCUT2D eigenvalue weighted by atomic mass is 16.4. The molecule has 1 aliphatic heterocycles. The molecule has 1 aromatic carbocycles. The predicted octanol–water partition coefficient (Wildman–Crippen LogP) is 3.40. The number of aryl methyl sites for hydroxylation is 1. The summed E-state index contributed by atoms with van der Waals surface area (Å²) in [6.45, 7) is 1.93. The number of aromatic nitrogens is 1. The molecule has 1 saturated heterocycles. The number of rotatable bonds is 2. The topological polar surface area (TPSA) is 70.5 Å². The van der Waals surface area contributed by atoms with Gasteiger partial charge in [0.2, 0.25) is 0 Å². The lowest BCUT2D eigenvalue weighted by molar-refractivity contribution is -0.141. The summed E-state index contributed by atoms with van der Waals surface area (Å²) >= 11 is 0. The summed E-state index contributed by atoms with van der Waals surface area (Å²) in [4.78, 5) is 31.0. The number of likely N-dealkylation sites (tertiary alicyclic amines) is 1. The summed E-state index contributed by atoms with van der Waals surface area (Å²) in [6, 6.07) is 8.69. The van der Waals surface area contributed by atoms with Crippen molar-refractivity contribution in [3.8, 4) is 0 Å². The smallest absolute Gasteiger partial charge is 0.326 e. The fraction of sp³-hybridized carbons (Fsp3) is 0.450. The van der Waals surface area contributed by atoms with Crippen LogP contribution in [-0.4, -0.2) is 39.0 Å². The van der Waals surface area contributed by atoms with Crippen molar-refractivity contribution in [2.24, 2.45) is 5.92 Å². The van der Waals surface area contributed by atoms with E-state index in [9.17, 15) is 14.7 Å². The van der Waals surface area contributed by atoms with Crippen LogP contribution in [0, 0.1) is 12.8 Å². The molecule has 1 aliphatic carbocycles. The van der Waals surface area contributed by atoms with Crippen molar-refractivity contribution in [3.63, 3.8) is 0 Å². The van der Waals surface area contributed by atoms with Crippen LogP contribution in [0.15, 0.2) is 30.3 Å². The van der Waals surface area contributed by atoms with Gasteiger partial charge in [-0.1, -0.05) is 18.9 Å². The number of hydrogen-bond donors (Lipinski definition) is 1. The van der Waals surface area contributed by atoms with Gasteiger partial charge in [-0.25, -0.2) is 4.79 Å². The van der Waals surface area contributed by atoms with Crippen LogP contribution in [0.5, 0.6) is 0 Å². The van der Waals surface area contributed by atoms with E-state index in [1.165, 1.54) is 0 Å². The molecular weight excluding hydrogens is 316 g/mol. The molecule has 0 bridgehead atoms. The standard InChI is InChI=1S/C20H22N2O3/c1-12-6-7-13-10-15(8-9-16(13)21-12)19(23)22-17-5-3-2-4-14(17)11-18(22)20(24)25/h6-10,14,17-18H,2-5,11H2,1H3,(H,24,25). The molecule has 2 aliphatic rings. The maximum atomic E-state index is 13.2. The zero-order valence-corrected chi connectivity index (χ0v) is 14.3. The van der Waals surface area contributed by atoms with E-state index in [-0.39, 0.29) is 11.9 Å². The SMILES string of the molecule is Cc1ccc2cc(C(=O)N3C(C(=O)O)CC4CCCCC43)ccc2n1. The molecule has 5 nitrogen and oxygen atoms in total. The third-order valence-electron chi connectivity index (χ3n) is 5.68. The minimum Gasteiger partial charge on any atom is -0.480 e. The Morgan fingerprint density at radius 1 is 1.16 bits per heavy atom. The molecule has 1 N–H and O–H groups in total. The van der Waals surface area contributed by atoms with Gasteiger partial charge in [-0.05, 0) is 56.4 Å². The van der Waals surface area contributed by atoms with Crippen molar-refractivity contribution < 1.29 is 14.7 Å². The second-order valence-electron chi connectivity index (χ2n) is 7.27. The molecule has 5 heteroatoms. The Kier molecular flexibility index (Phi) is 3.94. The number of carbonyl (C=O) groups is 2. The van der Waals surface area contributed by atoms with E-state index in [0.717, 1.165) is 42.3 Å². The van der Waals surface area contributed by atoms with Crippen molar-refractivity contribution in [2.45, 2.75) is 51.1 Å². The van der Waals surface area contributed by atoms with E-state index >= 15 is 0 Å². The van der Waals surface area contributed by atoms with Gasteiger partial charge in [-0.3, -0.25) is 9.78 Å². The van der Waals surface area contributed by atoms with Crippen LogP contribution in [0.3, 0.4) is 0 Å². The van der Waals surface area contributed by atoms with Gasteiger partial charge in [0, 0.05) is 22.7 Å². The number of pyridine rings is 1. The van der Waals surface area contributed by atoms with E-state index in [0.29, 0.717) is 17.9 Å². The van der Waals surface area contributed by atoms with E-state index < -0.39 is 12.0 Å². The highest BCUT2D eigenvalue weighted by Gasteiger charge is 2.47. The molecule has 1 saturated carbocycles. The maximum absolute atomic E-state index is 13.2. The first-order valence-electron chi connectivity index (χ1n) is 8.97. The summed E-state index contributed by atoms with van der Waals surface area (Å²) in [5, 5.41) is 10.5. The fourth-order valence-corrected chi connectivity index (χ4v) is 4.48. The van der Waals surface area contributed by atoms with Gasteiger partial charge >= 0.3 is 5.97 Å². The van der Waals surface area contributed by atoms with E-state index in [4.69, 9.17) is 0 Å². The van der Waals surface area contributed by atoms with Gasteiger partial charge in [0.15, 0.2) is 0 Å². The molecule has 2 heterocycles. The zero-order chi connectivity index (χ0) is 17.6. The molecule has 1 amide bonds. The Labute approximate surface area is 146 Å². The van der Waals surface area contributed by atoms with Crippen molar-refractivity contribution in [1.29, 1.82) is 0 Å². The lowest BCUT2D eigenvalue weighted by atomic mass is 9.84. The lowest BCUT2D eigenvalue weighted by Gasteiger charge is -2.33. The molecule has 2 aromatic rings. The van der Waals surface area contributed by atoms with Gasteiger partial charge in [0.05, 0.1) is 5.52 Å². The molecule has 4 rings (SSSR count). The van der Waals surface area contributed by atoms with E-state index in [2.05, 4.69) is 4.98 Å². The van der Waals surface area contributed by atoms with Gasteiger partial charge in [-0.15, -0.1) is 0 Å². The van der Waals surface area contributed by atoms with Crippen LogP contribution in [0.25, 0.3) is 10.9 Å². The molecule has 0 spiro atoms. The summed E-state index contributed by atoms with van der Waals surface area (Å²) in [6.07, 6.45) is 4.72. The first-order valence-corrected chi connectivity index (χ1v) is 8.97. The number of fused-ring (bicyclic) bond motifs is 2. The molecule has 130 valence electrons. The summed E-state index contributed by atoms with van der Waals surface area (Å²) in [7, 11) is 0. The van der Waals surface area contributed by atoms with Gasteiger partial charge < -0.3 is 10.0 Å². The third-order valence-corrected chi connectivity index (χ3v) is 5.68. The molecular formula is C20H22N2O3. The maximum Gasteiger partial charge on any atom is 0.326 e. The number of nitrogens with zero attached hydrogens (tertiary/aromatic N) is 2. The van der Waals surface area contributed by atoms with Crippen LogP contribution >= 0.6 is 0 Å². The Balaban J connectivity index is 1.70. The average molecular weight is 338 g/mol. The Hall–Kier alpha value is -2.43. The number of benzene rings is 1. The molecule has 0 radical (unpaired) electrons. The number of carbonyl (C=O) groups excluding carboxylic acids is 1. The summed E-state index contributed by atoms with van der Waals surface area (Å²) < 4.78 is 0. The second kappa shape index (κ2) is 6.14. The molecule has 3 atom stereocenters. The third kappa shape index (κ3) is 2.77. The second-order valence-corrected chi connectivity index (χ2v) is 7.27. The van der Waals surface area contributed by atoms with Crippen molar-refractivity contribution in [1.82, 2.24) is 9.88 Å². The number of amides is 1. The molecule has 3 unspecified atom stereocenters. The average Bonchev–Trinajstić information content (AvgIpc) is 3.00. The first kappa shape index (κ1) is 16.1. The number of carboxylic acids is 1. The van der Waals surface area contributed by atoms with Crippen molar-refractivity contribution >= 4 is 22.8 Å². The Morgan fingerprint density at radius 3 is 2.76 bits per heavy atom. The zero-order valence-electron chi connectivity index (χ0n) is 14.3. The monoisotopic (exact) mass is 338 g/mol. The van der Waals surface area contributed by atoms with Crippen LogP contribution in [0.4, 0.5) is 0 Å². The normalized spacial score (nSPS) is 25.8. The highest BCUT2D eigenvalue weighted by Crippen LogP contribution is 2.40. The minimum atomic E-state index is -0.888. The largest absolute Gasteiger partial charge is 0.480 e. The Morgan fingerprint density at radius 2 is 1.96 bits per heavy atom. The van der Waals surface area contributed by atoms with Crippen LogP contribution < -0.4 is 0 Å². The minimum absolute atomic E-state index is 0.0641. The van der Waals surface area contributed by atoms with Gasteiger partial charge in [0.1, 0.15) is 6.04 Å². The van der Waals surface area contributed by atoms with Crippen molar-refractivity contribution in [2.75, 3.05) is 0 Å². The quantitative estimate of drug-likeness (QED) is 0.911. The number of aliphatic carboxylic acids is 1. The first-order chi connectivity index (χ1) is 12.0. The summed E-state index contributed by atoms with van der Waals surface area (Å²) in [5.74, 6) is -0.728.